The second-order valence-corrected chi connectivity index (χ2v) is 10.1. The number of ether oxygens (including phenoxy) is 1. The van der Waals surface area contributed by atoms with Crippen LogP contribution in [0.4, 0.5) is 0 Å². The summed E-state index contributed by atoms with van der Waals surface area (Å²) in [6, 6.07) is 0. The number of methoxy groups -OCH3 is 1. The second kappa shape index (κ2) is 6.57. The summed E-state index contributed by atoms with van der Waals surface area (Å²) in [6.07, 6.45) is 19.2. The van der Waals surface area contributed by atoms with Gasteiger partial charge in [-0.1, -0.05) is 39.0 Å². The Morgan fingerprint density at radius 1 is 1.15 bits per heavy atom. The fourth-order valence-electron chi connectivity index (χ4n) is 7.80. The summed E-state index contributed by atoms with van der Waals surface area (Å²) in [7, 11) is 1.83. The largest absolute Gasteiger partial charge is 0.501 e. The molecule has 7 atom stereocenters. The van der Waals surface area contributed by atoms with Gasteiger partial charge in [0, 0.05) is 6.42 Å². The van der Waals surface area contributed by atoms with Crippen molar-refractivity contribution in [2.75, 3.05) is 7.11 Å². The quantitative estimate of drug-likeness (QED) is 0.500. The van der Waals surface area contributed by atoms with E-state index in [1.54, 1.807) is 5.57 Å². The number of fused-ring (bicyclic) bond motifs is 5. The van der Waals surface area contributed by atoms with E-state index in [1.807, 2.05) is 7.11 Å². The van der Waals surface area contributed by atoms with Gasteiger partial charge >= 0.3 is 0 Å². The van der Waals surface area contributed by atoms with E-state index in [2.05, 4.69) is 52.0 Å². The second-order valence-electron chi connectivity index (χ2n) is 10.1. The van der Waals surface area contributed by atoms with Crippen LogP contribution in [0, 0.1) is 40.4 Å². The smallest absolute Gasteiger partial charge is 0.0958 e. The van der Waals surface area contributed by atoms with Crippen molar-refractivity contribution < 1.29 is 4.74 Å². The minimum atomic E-state index is 0.388. The first-order valence-electron chi connectivity index (χ1n) is 11.0. The van der Waals surface area contributed by atoms with Crippen LogP contribution in [0.15, 0.2) is 35.6 Å². The summed E-state index contributed by atoms with van der Waals surface area (Å²) in [5.41, 5.74) is 2.53. The first-order valence-corrected chi connectivity index (χ1v) is 11.0. The topological polar surface area (TPSA) is 9.23 Å². The summed E-state index contributed by atoms with van der Waals surface area (Å²) in [6.45, 7) is 9.86. The van der Waals surface area contributed by atoms with Gasteiger partial charge in [0.15, 0.2) is 0 Å². The fourth-order valence-corrected chi connectivity index (χ4v) is 7.80. The summed E-state index contributed by atoms with van der Waals surface area (Å²) in [5.74, 6) is 5.53. The van der Waals surface area contributed by atoms with Crippen LogP contribution in [0.25, 0.3) is 0 Å². The van der Waals surface area contributed by atoms with Crippen molar-refractivity contribution in [1.29, 1.82) is 0 Å². The summed E-state index contributed by atoms with van der Waals surface area (Å²) in [5, 5.41) is 0. The van der Waals surface area contributed by atoms with Crippen molar-refractivity contribution in [3.8, 4) is 0 Å². The lowest BCUT2D eigenvalue weighted by Gasteiger charge is -2.57. The fraction of sp³-hybridized carbons (Fsp3) is 0.760. The van der Waals surface area contributed by atoms with Crippen molar-refractivity contribution in [3.05, 3.63) is 35.6 Å². The molecule has 0 aromatic carbocycles. The lowest BCUT2D eigenvalue weighted by atomic mass is 9.47. The molecule has 0 aromatic rings. The first kappa shape index (κ1) is 18.4. The highest BCUT2D eigenvalue weighted by Crippen LogP contribution is 2.66. The van der Waals surface area contributed by atoms with E-state index in [4.69, 9.17) is 4.74 Å². The molecule has 2 fully saturated rings. The molecule has 0 aromatic heterocycles. The zero-order chi connectivity index (χ0) is 18.5. The highest BCUT2D eigenvalue weighted by Gasteiger charge is 2.58. The molecule has 0 amide bonds. The molecule has 3 unspecified atom stereocenters. The molecule has 0 bridgehead atoms. The van der Waals surface area contributed by atoms with Gasteiger partial charge in [-0.3, -0.25) is 0 Å². The predicted molar refractivity (Wildman–Crippen MR) is 110 cm³/mol. The maximum Gasteiger partial charge on any atom is 0.0958 e. The summed E-state index contributed by atoms with van der Waals surface area (Å²) >= 11 is 0. The SMILES string of the molecule is CC=C[C@H](C)[C@H]1CCC2C3CC=C4C=C(OC)CC[C@]4(C)C3CC[C@@]21C. The molecule has 144 valence electrons. The normalized spacial score (nSPS) is 46.0. The number of rotatable bonds is 3. The van der Waals surface area contributed by atoms with E-state index in [0.29, 0.717) is 10.8 Å². The zero-order valence-electron chi connectivity index (χ0n) is 17.6. The van der Waals surface area contributed by atoms with Crippen LogP contribution in [0.3, 0.4) is 0 Å². The van der Waals surface area contributed by atoms with E-state index >= 15 is 0 Å². The van der Waals surface area contributed by atoms with Gasteiger partial charge in [-0.2, -0.15) is 0 Å². The van der Waals surface area contributed by atoms with Crippen molar-refractivity contribution >= 4 is 0 Å². The van der Waals surface area contributed by atoms with E-state index < -0.39 is 0 Å². The standard InChI is InChI=1S/C25H38O/c1-6-7-17(2)21-10-11-22-20-9-8-18-16-19(26-5)12-14-24(18,3)23(20)13-15-25(21,22)4/h6-8,16-17,20-23H,9-15H2,1-5H3/t17-,20?,21+,22?,23?,24-,25+/m0/s1. The lowest BCUT2D eigenvalue weighted by molar-refractivity contribution is -0.0425. The van der Waals surface area contributed by atoms with Gasteiger partial charge in [-0.15, -0.1) is 0 Å². The third-order valence-electron chi connectivity index (χ3n) is 9.20. The molecule has 26 heavy (non-hydrogen) atoms. The van der Waals surface area contributed by atoms with Gasteiger partial charge in [0.1, 0.15) is 0 Å². The van der Waals surface area contributed by atoms with Gasteiger partial charge < -0.3 is 4.74 Å². The minimum absolute atomic E-state index is 0.388. The lowest BCUT2D eigenvalue weighted by Crippen LogP contribution is -2.49. The van der Waals surface area contributed by atoms with E-state index in [-0.39, 0.29) is 0 Å². The van der Waals surface area contributed by atoms with Gasteiger partial charge in [0.05, 0.1) is 12.9 Å². The Morgan fingerprint density at radius 2 is 1.96 bits per heavy atom. The average Bonchev–Trinajstić information content (AvgIpc) is 2.98. The summed E-state index contributed by atoms with van der Waals surface area (Å²) in [4.78, 5) is 0. The van der Waals surface area contributed by atoms with E-state index in [9.17, 15) is 0 Å². The molecule has 4 aliphatic carbocycles. The third-order valence-corrected chi connectivity index (χ3v) is 9.20. The van der Waals surface area contributed by atoms with Crippen LogP contribution in [0.5, 0.6) is 0 Å². The first-order chi connectivity index (χ1) is 12.4. The van der Waals surface area contributed by atoms with Crippen molar-refractivity contribution in [3.63, 3.8) is 0 Å². The van der Waals surface area contributed by atoms with Crippen molar-refractivity contribution in [1.82, 2.24) is 0 Å². The third kappa shape index (κ3) is 2.56. The molecule has 1 heteroatoms. The maximum absolute atomic E-state index is 5.58. The van der Waals surface area contributed by atoms with E-state index in [1.165, 1.54) is 44.3 Å². The molecule has 0 heterocycles. The number of hydrogen-bond donors (Lipinski definition) is 0. The van der Waals surface area contributed by atoms with Crippen LogP contribution < -0.4 is 0 Å². The Bertz CT molecular complexity index is 641. The van der Waals surface area contributed by atoms with Crippen LogP contribution in [0.2, 0.25) is 0 Å². The molecular weight excluding hydrogens is 316 g/mol. The molecule has 0 saturated heterocycles. The molecule has 2 saturated carbocycles. The van der Waals surface area contributed by atoms with Crippen LogP contribution in [-0.4, -0.2) is 7.11 Å². The molecule has 0 spiro atoms. The highest BCUT2D eigenvalue weighted by atomic mass is 16.5. The predicted octanol–water partition coefficient (Wildman–Crippen LogP) is 6.92. The van der Waals surface area contributed by atoms with Crippen molar-refractivity contribution in [2.24, 2.45) is 40.4 Å². The van der Waals surface area contributed by atoms with Crippen LogP contribution >= 0.6 is 0 Å². The van der Waals surface area contributed by atoms with Gasteiger partial charge in [0.25, 0.3) is 0 Å². The van der Waals surface area contributed by atoms with Gasteiger partial charge in [-0.25, -0.2) is 0 Å². The molecule has 1 nitrogen and oxygen atoms in total. The van der Waals surface area contributed by atoms with Crippen LogP contribution in [0.1, 0.15) is 72.6 Å². The number of allylic oxidation sites excluding steroid dienone is 6. The molecule has 0 radical (unpaired) electrons. The highest BCUT2D eigenvalue weighted by molar-refractivity contribution is 5.35. The minimum Gasteiger partial charge on any atom is -0.501 e. The molecular formula is C25H38O. The Balaban J connectivity index is 1.63. The van der Waals surface area contributed by atoms with Gasteiger partial charge in [0.2, 0.25) is 0 Å². The Morgan fingerprint density at radius 3 is 2.69 bits per heavy atom. The van der Waals surface area contributed by atoms with Crippen LogP contribution in [-0.2, 0) is 4.74 Å². The Kier molecular flexibility index (Phi) is 4.65. The molecule has 0 aliphatic heterocycles. The maximum atomic E-state index is 5.58. The van der Waals surface area contributed by atoms with Crippen molar-refractivity contribution in [2.45, 2.75) is 72.6 Å². The van der Waals surface area contributed by atoms with E-state index in [0.717, 1.165) is 36.0 Å². The average molecular weight is 355 g/mol. The van der Waals surface area contributed by atoms with Gasteiger partial charge in [-0.05, 0) is 97.5 Å². The molecule has 4 aliphatic rings. The molecule has 0 N–H and O–H groups in total. The monoisotopic (exact) mass is 354 g/mol. The Labute approximate surface area is 161 Å². The Hall–Kier alpha value is -0.980. The molecule has 4 rings (SSSR count). The number of hydrogen-bond acceptors (Lipinski definition) is 1. The summed E-state index contributed by atoms with van der Waals surface area (Å²) < 4.78 is 5.58. The zero-order valence-corrected chi connectivity index (χ0v) is 17.6.